The lowest BCUT2D eigenvalue weighted by Gasteiger charge is -2.35. The van der Waals surface area contributed by atoms with Gasteiger partial charge < -0.3 is 14.8 Å². The Kier molecular flexibility index (Phi) is 7.01. The molecule has 1 rings (SSSR count). The monoisotopic (exact) mass is 229 g/mol. The highest BCUT2D eigenvalue weighted by atomic mass is 16.6. The SMILES string of the molecule is CCCNC(C(CC)CC)C1COCCO1. The summed E-state index contributed by atoms with van der Waals surface area (Å²) in [7, 11) is 0. The van der Waals surface area contributed by atoms with Crippen molar-refractivity contribution in [1.29, 1.82) is 0 Å². The molecular formula is C13H27NO2. The van der Waals surface area contributed by atoms with Gasteiger partial charge in [0.15, 0.2) is 0 Å². The Bertz CT molecular complexity index is 165. The van der Waals surface area contributed by atoms with Crippen LogP contribution >= 0.6 is 0 Å². The lowest BCUT2D eigenvalue weighted by atomic mass is 9.90. The van der Waals surface area contributed by atoms with E-state index in [1.807, 2.05) is 0 Å². The van der Waals surface area contributed by atoms with Crippen LogP contribution in [0.25, 0.3) is 0 Å². The Morgan fingerprint density at radius 3 is 2.44 bits per heavy atom. The molecule has 0 bridgehead atoms. The minimum Gasteiger partial charge on any atom is -0.376 e. The molecule has 0 spiro atoms. The highest BCUT2D eigenvalue weighted by Gasteiger charge is 2.29. The molecule has 16 heavy (non-hydrogen) atoms. The van der Waals surface area contributed by atoms with Gasteiger partial charge in [-0.25, -0.2) is 0 Å². The summed E-state index contributed by atoms with van der Waals surface area (Å²) >= 11 is 0. The van der Waals surface area contributed by atoms with E-state index in [0.717, 1.165) is 26.4 Å². The lowest BCUT2D eigenvalue weighted by Crippen LogP contribution is -2.50. The van der Waals surface area contributed by atoms with Crippen molar-refractivity contribution in [1.82, 2.24) is 5.32 Å². The Labute approximate surface area is 99.9 Å². The van der Waals surface area contributed by atoms with Gasteiger partial charge in [0, 0.05) is 6.04 Å². The van der Waals surface area contributed by atoms with Crippen LogP contribution in [0.15, 0.2) is 0 Å². The van der Waals surface area contributed by atoms with Gasteiger partial charge in [-0.05, 0) is 18.9 Å². The molecule has 1 N–H and O–H groups in total. The van der Waals surface area contributed by atoms with Gasteiger partial charge in [-0.15, -0.1) is 0 Å². The maximum atomic E-state index is 5.83. The number of hydrogen-bond acceptors (Lipinski definition) is 3. The second-order valence-corrected chi connectivity index (χ2v) is 4.54. The summed E-state index contributed by atoms with van der Waals surface area (Å²) in [6, 6.07) is 0.454. The van der Waals surface area contributed by atoms with Crippen molar-refractivity contribution in [3.05, 3.63) is 0 Å². The van der Waals surface area contributed by atoms with Gasteiger partial charge in [-0.3, -0.25) is 0 Å². The standard InChI is InChI=1S/C13H27NO2/c1-4-7-14-13(11(5-2)6-3)12-10-15-8-9-16-12/h11-14H,4-10H2,1-3H3. The molecule has 3 nitrogen and oxygen atoms in total. The Balaban J connectivity index is 2.52. The van der Waals surface area contributed by atoms with E-state index in [2.05, 4.69) is 26.1 Å². The van der Waals surface area contributed by atoms with Crippen LogP contribution < -0.4 is 5.32 Å². The molecule has 1 heterocycles. The van der Waals surface area contributed by atoms with Gasteiger partial charge in [-0.1, -0.05) is 33.6 Å². The van der Waals surface area contributed by atoms with Gasteiger partial charge in [0.2, 0.25) is 0 Å². The second kappa shape index (κ2) is 8.04. The molecule has 0 aromatic heterocycles. The fraction of sp³-hybridized carbons (Fsp3) is 1.00. The van der Waals surface area contributed by atoms with Crippen LogP contribution in [0.3, 0.4) is 0 Å². The van der Waals surface area contributed by atoms with E-state index in [1.54, 1.807) is 0 Å². The summed E-state index contributed by atoms with van der Waals surface area (Å²) in [5.41, 5.74) is 0. The number of hydrogen-bond donors (Lipinski definition) is 1. The summed E-state index contributed by atoms with van der Waals surface area (Å²) in [6.45, 7) is 10.0. The van der Waals surface area contributed by atoms with Crippen molar-refractivity contribution in [2.24, 2.45) is 5.92 Å². The third-order valence-electron chi connectivity index (χ3n) is 3.43. The minimum atomic E-state index is 0.241. The number of rotatable bonds is 7. The van der Waals surface area contributed by atoms with Crippen molar-refractivity contribution >= 4 is 0 Å². The third-order valence-corrected chi connectivity index (χ3v) is 3.43. The quantitative estimate of drug-likeness (QED) is 0.726. The smallest absolute Gasteiger partial charge is 0.0964 e. The summed E-state index contributed by atoms with van der Waals surface area (Å²) < 4.78 is 11.4. The van der Waals surface area contributed by atoms with Crippen LogP contribution in [0.2, 0.25) is 0 Å². The maximum absolute atomic E-state index is 5.83. The Hall–Kier alpha value is -0.120. The van der Waals surface area contributed by atoms with E-state index >= 15 is 0 Å². The largest absolute Gasteiger partial charge is 0.376 e. The average Bonchev–Trinajstić information content (AvgIpc) is 2.35. The molecule has 0 aromatic rings. The van der Waals surface area contributed by atoms with Gasteiger partial charge in [0.05, 0.1) is 25.9 Å². The fourth-order valence-corrected chi connectivity index (χ4v) is 2.42. The molecule has 96 valence electrons. The topological polar surface area (TPSA) is 30.5 Å². The lowest BCUT2D eigenvalue weighted by molar-refractivity contribution is -0.109. The zero-order valence-corrected chi connectivity index (χ0v) is 11.0. The molecule has 0 saturated carbocycles. The molecule has 0 amide bonds. The highest BCUT2D eigenvalue weighted by molar-refractivity contribution is 4.84. The molecule has 3 heteroatoms. The van der Waals surface area contributed by atoms with Crippen molar-refractivity contribution in [3.8, 4) is 0 Å². The van der Waals surface area contributed by atoms with E-state index < -0.39 is 0 Å². The van der Waals surface area contributed by atoms with E-state index in [0.29, 0.717) is 12.0 Å². The van der Waals surface area contributed by atoms with Gasteiger partial charge >= 0.3 is 0 Å². The molecule has 1 aliphatic heterocycles. The van der Waals surface area contributed by atoms with Crippen LogP contribution in [-0.2, 0) is 9.47 Å². The second-order valence-electron chi connectivity index (χ2n) is 4.54. The van der Waals surface area contributed by atoms with E-state index in [4.69, 9.17) is 9.47 Å². The van der Waals surface area contributed by atoms with Gasteiger partial charge in [0.1, 0.15) is 0 Å². The summed E-state index contributed by atoms with van der Waals surface area (Å²) in [5, 5.41) is 3.64. The Morgan fingerprint density at radius 1 is 1.19 bits per heavy atom. The first-order valence-electron chi connectivity index (χ1n) is 6.76. The first-order chi connectivity index (χ1) is 7.83. The van der Waals surface area contributed by atoms with Crippen molar-refractivity contribution in [2.75, 3.05) is 26.4 Å². The maximum Gasteiger partial charge on any atom is 0.0964 e. The van der Waals surface area contributed by atoms with Crippen LogP contribution in [0.5, 0.6) is 0 Å². The molecule has 1 aliphatic rings. The average molecular weight is 229 g/mol. The van der Waals surface area contributed by atoms with Crippen LogP contribution in [0.1, 0.15) is 40.0 Å². The predicted molar refractivity (Wildman–Crippen MR) is 66.7 cm³/mol. The summed E-state index contributed by atoms with van der Waals surface area (Å²) in [4.78, 5) is 0. The minimum absolute atomic E-state index is 0.241. The van der Waals surface area contributed by atoms with Crippen LogP contribution in [0, 0.1) is 5.92 Å². The van der Waals surface area contributed by atoms with E-state index in [-0.39, 0.29) is 6.10 Å². The zero-order chi connectivity index (χ0) is 11.8. The first-order valence-corrected chi connectivity index (χ1v) is 6.76. The van der Waals surface area contributed by atoms with Gasteiger partial charge in [0.25, 0.3) is 0 Å². The molecular weight excluding hydrogens is 202 g/mol. The van der Waals surface area contributed by atoms with Crippen molar-refractivity contribution in [2.45, 2.75) is 52.2 Å². The van der Waals surface area contributed by atoms with Gasteiger partial charge in [-0.2, -0.15) is 0 Å². The summed E-state index contributed by atoms with van der Waals surface area (Å²) in [6.07, 6.45) is 3.82. The van der Waals surface area contributed by atoms with E-state index in [9.17, 15) is 0 Å². The van der Waals surface area contributed by atoms with Crippen LogP contribution in [0.4, 0.5) is 0 Å². The van der Waals surface area contributed by atoms with Crippen LogP contribution in [-0.4, -0.2) is 38.5 Å². The molecule has 0 aliphatic carbocycles. The summed E-state index contributed by atoms with van der Waals surface area (Å²) in [5.74, 6) is 0.693. The first kappa shape index (κ1) is 13.9. The Morgan fingerprint density at radius 2 is 1.94 bits per heavy atom. The molecule has 1 saturated heterocycles. The third kappa shape index (κ3) is 4.04. The molecule has 0 aromatic carbocycles. The number of nitrogens with one attached hydrogen (secondary N) is 1. The van der Waals surface area contributed by atoms with E-state index in [1.165, 1.54) is 19.3 Å². The highest BCUT2D eigenvalue weighted by Crippen LogP contribution is 2.20. The normalized spacial score (nSPS) is 23.6. The molecule has 2 atom stereocenters. The molecule has 2 unspecified atom stereocenters. The molecule has 0 radical (unpaired) electrons. The number of ether oxygens (including phenoxy) is 2. The predicted octanol–water partition coefficient (Wildman–Crippen LogP) is 2.21. The fourth-order valence-electron chi connectivity index (χ4n) is 2.42. The van der Waals surface area contributed by atoms with Crippen molar-refractivity contribution < 1.29 is 9.47 Å². The molecule has 1 fully saturated rings. The zero-order valence-electron chi connectivity index (χ0n) is 11.0. The van der Waals surface area contributed by atoms with Crippen molar-refractivity contribution in [3.63, 3.8) is 0 Å².